The van der Waals surface area contributed by atoms with Gasteiger partial charge in [0.1, 0.15) is 36.0 Å². The summed E-state index contributed by atoms with van der Waals surface area (Å²) in [6.45, 7) is 0.163. The van der Waals surface area contributed by atoms with Gasteiger partial charge < -0.3 is 40.4 Å². The minimum absolute atomic E-state index is 0.0950. The Morgan fingerprint density at radius 1 is 1.04 bits per heavy atom. The summed E-state index contributed by atoms with van der Waals surface area (Å²) in [5, 5.41) is 11.3. The zero-order chi connectivity index (χ0) is 37.8. The zero-order valence-electron chi connectivity index (χ0n) is 27.4. The van der Waals surface area contributed by atoms with Gasteiger partial charge in [0.2, 0.25) is 12.7 Å². The smallest absolute Gasteiger partial charge is 0.432 e. The van der Waals surface area contributed by atoms with E-state index in [0.29, 0.717) is 0 Å². The van der Waals surface area contributed by atoms with E-state index in [1.54, 1.807) is 0 Å². The van der Waals surface area contributed by atoms with E-state index in [4.69, 9.17) is 53.0 Å². The van der Waals surface area contributed by atoms with Gasteiger partial charge in [0, 0.05) is 6.20 Å². The number of aliphatic hydroxyl groups is 1. The lowest BCUT2D eigenvalue weighted by molar-refractivity contribution is -0.0770. The van der Waals surface area contributed by atoms with E-state index in [9.17, 15) is 28.7 Å². The van der Waals surface area contributed by atoms with Gasteiger partial charge in [-0.2, -0.15) is 4.98 Å². The molecule has 4 unspecified atom stereocenters. The zero-order valence-corrected chi connectivity index (χ0v) is 29.2. The number of rotatable bonds is 6. The molecule has 4 aromatic rings. The molecule has 10 atom stereocenters. The van der Waals surface area contributed by atoms with Crippen LogP contribution in [0.15, 0.2) is 29.7 Å². The molecule has 0 radical (unpaired) electrons. The molecule has 7 rings (SSSR count). The van der Waals surface area contributed by atoms with E-state index in [-0.39, 0.29) is 34.0 Å². The van der Waals surface area contributed by atoms with Crippen molar-refractivity contribution in [1.29, 1.82) is 0 Å². The molecule has 0 spiro atoms. The molecule has 2 bridgehead atoms. The van der Waals surface area contributed by atoms with Crippen LogP contribution in [0.2, 0.25) is 0 Å². The van der Waals surface area contributed by atoms with E-state index in [2.05, 4.69) is 24.9 Å². The molecule has 24 nitrogen and oxygen atoms in total. The molecule has 3 aliphatic heterocycles. The minimum atomic E-state index is -5.22. The highest BCUT2D eigenvalue weighted by atomic mass is 31.2. The molecule has 0 amide bonds. The van der Waals surface area contributed by atoms with Crippen LogP contribution in [0.5, 0.6) is 0 Å². The summed E-state index contributed by atoms with van der Waals surface area (Å²) < 4.78 is 94.5. The van der Waals surface area contributed by atoms with Crippen LogP contribution in [-0.2, 0) is 50.7 Å². The normalized spacial score (nSPS) is 33.7. The number of aliphatic hydroxyl groups excluding tert-OH is 1. The number of phosphoric ester groups is 2. The van der Waals surface area contributed by atoms with Crippen molar-refractivity contribution in [2.45, 2.75) is 69.1 Å². The van der Waals surface area contributed by atoms with Crippen LogP contribution in [0.1, 0.15) is 26.3 Å². The molecular weight excluding hydrogens is 759 g/mol. The predicted molar refractivity (Wildman–Crippen MR) is 171 cm³/mol. The number of nitrogens with zero attached hydrogens (tertiary/aromatic N) is 6. The number of hydrogen-bond donors (Lipinski definition) is 5. The maximum atomic E-state index is 16.2. The van der Waals surface area contributed by atoms with Crippen molar-refractivity contribution in [2.75, 3.05) is 31.5 Å². The first kappa shape index (κ1) is 37.2. The Hall–Kier alpha value is -4.13. The summed E-state index contributed by atoms with van der Waals surface area (Å²) >= 11 is 0. The minimum Gasteiger partial charge on any atom is -0.432 e. The average molecular weight is 792 g/mol. The summed E-state index contributed by atoms with van der Waals surface area (Å²) in [5.74, 6) is -0.318. The Kier molecular flexibility index (Phi) is 10.0. The van der Waals surface area contributed by atoms with E-state index in [1.165, 1.54) is 32.4 Å². The summed E-state index contributed by atoms with van der Waals surface area (Å²) in [7, 11) is -10.3. The van der Waals surface area contributed by atoms with Crippen LogP contribution < -0.4 is 17.0 Å². The van der Waals surface area contributed by atoms with E-state index in [0.717, 1.165) is 15.5 Å². The van der Waals surface area contributed by atoms with Gasteiger partial charge in [0.05, 0.1) is 37.7 Å². The summed E-state index contributed by atoms with van der Waals surface area (Å²) in [4.78, 5) is 53.9. The van der Waals surface area contributed by atoms with Crippen LogP contribution >= 0.6 is 15.6 Å². The van der Waals surface area contributed by atoms with Crippen molar-refractivity contribution in [1.82, 2.24) is 34.1 Å². The number of anilines is 2. The van der Waals surface area contributed by atoms with Crippen molar-refractivity contribution in [3.05, 3.63) is 35.3 Å². The number of fused-ring (bicyclic) bond motifs is 5. The Bertz CT molecular complexity index is 2170. The van der Waals surface area contributed by atoms with Gasteiger partial charge >= 0.3 is 21.8 Å². The van der Waals surface area contributed by atoms with Crippen LogP contribution in [0, 0.1) is 0 Å². The van der Waals surface area contributed by atoms with Gasteiger partial charge in [-0.1, -0.05) is 0 Å². The van der Waals surface area contributed by atoms with Gasteiger partial charge in [-0.3, -0.25) is 37.0 Å². The molecular formula is C26H32FN9O15P2. The first-order valence-corrected chi connectivity index (χ1v) is 18.6. The summed E-state index contributed by atoms with van der Waals surface area (Å²) in [6.07, 6.45) is -12.4. The highest BCUT2D eigenvalue weighted by Gasteiger charge is 2.55. The lowest BCUT2D eigenvalue weighted by atomic mass is 10.1. The van der Waals surface area contributed by atoms with Crippen LogP contribution in [0.4, 0.5) is 20.8 Å². The number of nitrogens with one attached hydrogen (secondary N) is 1. The lowest BCUT2D eigenvalue weighted by Crippen LogP contribution is -2.35. The van der Waals surface area contributed by atoms with Gasteiger partial charge in [-0.15, -0.1) is 0 Å². The number of pyridine rings is 1. The van der Waals surface area contributed by atoms with Crippen molar-refractivity contribution in [3.8, 4) is 0 Å². The number of carbonyl (C=O) groups is 1. The molecule has 4 aromatic heterocycles. The Morgan fingerprint density at radius 2 is 1.74 bits per heavy atom. The number of phosphoric acid groups is 2. The molecule has 3 saturated heterocycles. The first-order valence-electron chi connectivity index (χ1n) is 15.6. The number of nitrogen functional groups attached to an aromatic ring is 2. The van der Waals surface area contributed by atoms with Gasteiger partial charge in [0.15, 0.2) is 35.4 Å². The number of halogens is 1. The first-order chi connectivity index (χ1) is 25.1. The second-order valence-corrected chi connectivity index (χ2v) is 15.0. The van der Waals surface area contributed by atoms with Crippen molar-refractivity contribution >= 4 is 55.8 Å². The number of imidazole rings is 2. The molecule has 3 aliphatic rings. The number of H-pyrrole nitrogens is 1. The molecule has 7 heterocycles. The second-order valence-electron chi connectivity index (χ2n) is 12.0. The summed E-state index contributed by atoms with van der Waals surface area (Å²) in [6, 6.07) is 1.47. The molecule has 0 aromatic carbocycles. The quantitative estimate of drug-likeness (QED) is 0.102. The third-order valence-electron chi connectivity index (χ3n) is 8.09. The fourth-order valence-corrected chi connectivity index (χ4v) is 7.96. The topological polar surface area (TPSA) is 321 Å². The van der Waals surface area contributed by atoms with Crippen molar-refractivity contribution < 1.29 is 69.9 Å². The predicted octanol–water partition coefficient (Wildman–Crippen LogP) is 0.784. The number of nitrogens with two attached hydrogens (primary N) is 2. The molecule has 3 fully saturated rings. The molecule has 7 N–H and O–H groups in total. The Morgan fingerprint density at radius 3 is 2.49 bits per heavy atom. The number of aromatic nitrogens is 7. The fraction of sp³-hybridized carbons (Fsp3) is 0.538. The number of carbonyl (C=O) groups excluding carboxylic acids is 1. The standard InChI is InChI=1S/C26H32FN9O15P2/c1-10(2)47-26(39)43-9-46-53(42)45-6-13-18(14(27)23(49-13)35-7-31-15-11(28)3-4-30-20(15)35)50-52(40,41)44-5-12-17(37)19(51-53)24(48-12)36-8-32-16-21(36)33-25(29)34-22(16)38/h3-4,7-8,10,12-14,17-19,23-24,37H,5-6,9H2,1-2H3,(H2,28,30)(H,40,41)(H3,29,33,34,38)/t12-,13-,14+,17+,18?,19?,23-,24-,53?/m1/s1. The Balaban J connectivity index is 1.23. The van der Waals surface area contributed by atoms with Crippen LogP contribution in [-0.4, -0.2) is 113 Å². The monoisotopic (exact) mass is 791 g/mol. The molecule has 0 aliphatic carbocycles. The third-order valence-corrected chi connectivity index (χ3v) is 10.5. The second kappa shape index (κ2) is 14.3. The molecule has 27 heteroatoms. The fourth-order valence-electron chi connectivity index (χ4n) is 5.77. The molecule has 288 valence electrons. The van der Waals surface area contributed by atoms with Gasteiger partial charge in [-0.05, 0) is 19.9 Å². The number of hydrogen-bond acceptors (Lipinski definition) is 20. The van der Waals surface area contributed by atoms with Gasteiger partial charge in [-0.25, -0.2) is 37.8 Å². The maximum Gasteiger partial charge on any atom is 0.510 e. The Labute approximate surface area is 295 Å². The van der Waals surface area contributed by atoms with Crippen LogP contribution in [0.3, 0.4) is 0 Å². The highest BCUT2D eigenvalue weighted by Crippen LogP contribution is 2.56. The van der Waals surface area contributed by atoms with Crippen LogP contribution in [0.25, 0.3) is 22.3 Å². The number of alkyl halides is 1. The number of aromatic amines is 1. The highest BCUT2D eigenvalue weighted by molar-refractivity contribution is 7.48. The van der Waals surface area contributed by atoms with Crippen molar-refractivity contribution in [2.24, 2.45) is 0 Å². The maximum absolute atomic E-state index is 16.2. The van der Waals surface area contributed by atoms with E-state index in [1.807, 2.05) is 0 Å². The third kappa shape index (κ3) is 7.37. The number of ether oxygens (including phenoxy) is 4. The van der Waals surface area contributed by atoms with E-state index < -0.39 is 103 Å². The molecule has 53 heavy (non-hydrogen) atoms. The summed E-state index contributed by atoms with van der Waals surface area (Å²) in [5.41, 5.74) is 11.1. The lowest BCUT2D eigenvalue weighted by Gasteiger charge is -2.27. The largest absolute Gasteiger partial charge is 0.510 e. The molecule has 0 saturated carbocycles. The van der Waals surface area contributed by atoms with E-state index >= 15 is 4.39 Å². The SMILES string of the molecule is CC(C)OC(=O)OCOP1(=O)OC[C@H]2O[C@@H](n3cnc4c(N)ccnc43)[C@@H](F)C2OP(=O)(O)OC[C@H]2O[C@@H](n3cnc4c(=O)[nH]c(N)nc43)C(O1)[C@H]2O. The van der Waals surface area contributed by atoms with Crippen molar-refractivity contribution in [3.63, 3.8) is 0 Å². The average Bonchev–Trinajstić information content (AvgIpc) is 3.84. The van der Waals surface area contributed by atoms with Gasteiger partial charge in [0.25, 0.3) is 5.56 Å².